The van der Waals surface area contributed by atoms with Crippen LogP contribution in [-0.2, 0) is 27.3 Å². The molecule has 6 heteroatoms. The standard InChI is InChI=1S/C22H27NO5/c1-15-12-17(10-11-19(15)24)13-18(23-21(26)28-22(2,3)4)20(25)27-14-16-8-6-5-7-9-16/h5-12,18,24H,13-14H2,1-4H3,(H,23,26). The van der Waals surface area contributed by atoms with Gasteiger partial charge >= 0.3 is 12.1 Å². The van der Waals surface area contributed by atoms with Gasteiger partial charge in [-0.05, 0) is 50.5 Å². The summed E-state index contributed by atoms with van der Waals surface area (Å²) in [7, 11) is 0. The summed E-state index contributed by atoms with van der Waals surface area (Å²) < 4.78 is 10.7. The van der Waals surface area contributed by atoms with Gasteiger partial charge in [0.05, 0.1) is 0 Å². The molecule has 0 bridgehead atoms. The van der Waals surface area contributed by atoms with Crippen LogP contribution in [0.25, 0.3) is 0 Å². The Bertz CT molecular complexity index is 811. The van der Waals surface area contributed by atoms with Crippen LogP contribution in [0.3, 0.4) is 0 Å². The number of rotatable bonds is 6. The van der Waals surface area contributed by atoms with E-state index < -0.39 is 23.7 Å². The Hall–Kier alpha value is -3.02. The van der Waals surface area contributed by atoms with Crippen LogP contribution >= 0.6 is 0 Å². The number of carbonyl (C=O) groups excluding carboxylic acids is 2. The van der Waals surface area contributed by atoms with Crippen molar-refractivity contribution in [2.75, 3.05) is 0 Å². The van der Waals surface area contributed by atoms with Crippen LogP contribution in [-0.4, -0.2) is 28.8 Å². The maximum absolute atomic E-state index is 12.6. The second-order valence-electron chi connectivity index (χ2n) is 7.62. The number of ether oxygens (including phenoxy) is 2. The Labute approximate surface area is 165 Å². The van der Waals surface area contributed by atoms with E-state index in [9.17, 15) is 14.7 Å². The molecule has 0 aliphatic carbocycles. The summed E-state index contributed by atoms with van der Waals surface area (Å²) in [6.07, 6.45) is -0.474. The van der Waals surface area contributed by atoms with Gasteiger partial charge in [0, 0.05) is 6.42 Å². The lowest BCUT2D eigenvalue weighted by Crippen LogP contribution is -2.45. The number of phenols is 1. The highest BCUT2D eigenvalue weighted by atomic mass is 16.6. The number of nitrogens with one attached hydrogen (secondary N) is 1. The minimum Gasteiger partial charge on any atom is -0.508 e. The number of esters is 1. The maximum atomic E-state index is 12.6. The van der Waals surface area contributed by atoms with Crippen LogP contribution in [0.2, 0.25) is 0 Å². The van der Waals surface area contributed by atoms with Crippen LogP contribution in [0.5, 0.6) is 5.75 Å². The predicted octanol–water partition coefficient (Wildman–Crippen LogP) is 3.88. The molecule has 150 valence electrons. The second kappa shape index (κ2) is 9.26. The van der Waals surface area contributed by atoms with Crippen molar-refractivity contribution in [2.24, 2.45) is 0 Å². The van der Waals surface area contributed by atoms with Gasteiger partial charge in [0.25, 0.3) is 0 Å². The van der Waals surface area contributed by atoms with Gasteiger partial charge in [0.2, 0.25) is 0 Å². The van der Waals surface area contributed by atoms with Crippen molar-refractivity contribution < 1.29 is 24.2 Å². The number of carbonyl (C=O) groups is 2. The van der Waals surface area contributed by atoms with E-state index in [1.807, 2.05) is 30.3 Å². The first-order valence-electron chi connectivity index (χ1n) is 9.12. The minimum atomic E-state index is -0.914. The van der Waals surface area contributed by atoms with Crippen molar-refractivity contribution in [3.63, 3.8) is 0 Å². The van der Waals surface area contributed by atoms with Crippen molar-refractivity contribution >= 4 is 12.1 Å². The fourth-order valence-corrected chi connectivity index (χ4v) is 2.55. The Morgan fingerprint density at radius 3 is 2.36 bits per heavy atom. The van der Waals surface area contributed by atoms with Gasteiger partial charge < -0.3 is 19.9 Å². The quantitative estimate of drug-likeness (QED) is 0.737. The largest absolute Gasteiger partial charge is 0.508 e. The minimum absolute atomic E-state index is 0.112. The van der Waals surface area contributed by atoms with Gasteiger partial charge in [0.15, 0.2) is 0 Å². The van der Waals surface area contributed by atoms with E-state index in [2.05, 4.69) is 5.32 Å². The van der Waals surface area contributed by atoms with E-state index in [0.29, 0.717) is 5.56 Å². The smallest absolute Gasteiger partial charge is 0.408 e. The molecule has 28 heavy (non-hydrogen) atoms. The molecule has 0 saturated carbocycles. The number of hydrogen-bond donors (Lipinski definition) is 2. The molecule has 2 N–H and O–H groups in total. The molecule has 0 aliphatic rings. The zero-order valence-corrected chi connectivity index (χ0v) is 16.7. The van der Waals surface area contributed by atoms with Gasteiger partial charge in [-0.25, -0.2) is 9.59 Å². The van der Waals surface area contributed by atoms with Crippen molar-refractivity contribution in [2.45, 2.75) is 52.4 Å². The Balaban J connectivity index is 2.10. The van der Waals surface area contributed by atoms with Crippen molar-refractivity contribution in [3.8, 4) is 5.75 Å². The van der Waals surface area contributed by atoms with E-state index in [0.717, 1.165) is 11.1 Å². The lowest BCUT2D eigenvalue weighted by Gasteiger charge is -2.23. The third-order valence-corrected chi connectivity index (χ3v) is 3.90. The van der Waals surface area contributed by atoms with Crippen LogP contribution in [0.1, 0.15) is 37.5 Å². The summed E-state index contributed by atoms with van der Waals surface area (Å²) in [5, 5.41) is 12.3. The molecule has 0 aliphatic heterocycles. The highest BCUT2D eigenvalue weighted by Crippen LogP contribution is 2.18. The van der Waals surface area contributed by atoms with Gasteiger partial charge in [-0.15, -0.1) is 0 Å². The molecule has 6 nitrogen and oxygen atoms in total. The summed E-state index contributed by atoms with van der Waals surface area (Å²) in [5.74, 6) is -0.382. The van der Waals surface area contributed by atoms with E-state index in [1.165, 1.54) is 0 Å². The molecule has 2 rings (SSSR count). The lowest BCUT2D eigenvalue weighted by molar-refractivity contribution is -0.147. The van der Waals surface area contributed by atoms with Crippen molar-refractivity contribution in [1.82, 2.24) is 5.32 Å². The molecular formula is C22H27NO5. The normalized spacial score (nSPS) is 12.1. The van der Waals surface area contributed by atoms with E-state index >= 15 is 0 Å². The molecule has 1 amide bonds. The average Bonchev–Trinajstić information content (AvgIpc) is 2.61. The molecule has 0 heterocycles. The van der Waals surface area contributed by atoms with Gasteiger partial charge in [-0.2, -0.15) is 0 Å². The first kappa shape index (κ1) is 21.3. The molecular weight excluding hydrogens is 358 g/mol. The fraction of sp³-hybridized carbons (Fsp3) is 0.364. The molecule has 1 unspecified atom stereocenters. The van der Waals surface area contributed by atoms with Gasteiger partial charge in [-0.1, -0.05) is 42.5 Å². The Morgan fingerprint density at radius 2 is 1.75 bits per heavy atom. The topological polar surface area (TPSA) is 84.9 Å². The highest BCUT2D eigenvalue weighted by Gasteiger charge is 2.26. The molecule has 0 saturated heterocycles. The Morgan fingerprint density at radius 1 is 1.07 bits per heavy atom. The number of amides is 1. The molecule has 0 fully saturated rings. The zero-order valence-electron chi connectivity index (χ0n) is 16.7. The van der Waals surface area contributed by atoms with E-state index in [-0.39, 0.29) is 18.8 Å². The molecule has 0 radical (unpaired) electrons. The molecule has 0 spiro atoms. The SMILES string of the molecule is Cc1cc(CC(NC(=O)OC(C)(C)C)C(=O)OCc2ccccc2)ccc1O. The monoisotopic (exact) mass is 385 g/mol. The third kappa shape index (κ3) is 6.95. The third-order valence-electron chi connectivity index (χ3n) is 3.90. The maximum Gasteiger partial charge on any atom is 0.408 e. The average molecular weight is 385 g/mol. The summed E-state index contributed by atoms with van der Waals surface area (Å²) >= 11 is 0. The van der Waals surface area contributed by atoms with Crippen LogP contribution < -0.4 is 5.32 Å². The first-order chi connectivity index (χ1) is 13.1. The number of phenolic OH excluding ortho intramolecular Hbond substituents is 1. The summed E-state index contributed by atoms with van der Waals surface area (Å²) in [5.41, 5.74) is 1.64. The van der Waals surface area contributed by atoms with E-state index in [1.54, 1.807) is 45.9 Å². The van der Waals surface area contributed by atoms with Crippen LogP contribution in [0, 0.1) is 6.92 Å². The highest BCUT2D eigenvalue weighted by molar-refractivity contribution is 5.81. The summed E-state index contributed by atoms with van der Waals surface area (Å²) in [6, 6.07) is 13.4. The molecule has 2 aromatic rings. The van der Waals surface area contributed by atoms with Crippen LogP contribution in [0.4, 0.5) is 4.79 Å². The van der Waals surface area contributed by atoms with E-state index in [4.69, 9.17) is 9.47 Å². The Kier molecular flexibility index (Phi) is 7.04. The fourth-order valence-electron chi connectivity index (χ4n) is 2.55. The summed E-state index contributed by atoms with van der Waals surface area (Å²) in [6.45, 7) is 7.12. The first-order valence-corrected chi connectivity index (χ1v) is 9.12. The number of hydrogen-bond acceptors (Lipinski definition) is 5. The van der Waals surface area contributed by atoms with Crippen LogP contribution in [0.15, 0.2) is 48.5 Å². The molecule has 2 aromatic carbocycles. The number of aryl methyl sites for hydroxylation is 1. The number of alkyl carbamates (subject to hydrolysis) is 1. The second-order valence-corrected chi connectivity index (χ2v) is 7.62. The molecule has 1 atom stereocenters. The molecule has 0 aromatic heterocycles. The van der Waals surface area contributed by atoms with Crippen molar-refractivity contribution in [3.05, 3.63) is 65.2 Å². The lowest BCUT2D eigenvalue weighted by atomic mass is 10.0. The zero-order chi connectivity index (χ0) is 20.7. The van der Waals surface area contributed by atoms with Crippen molar-refractivity contribution in [1.29, 1.82) is 0 Å². The number of benzene rings is 2. The van der Waals surface area contributed by atoms with Gasteiger partial charge in [-0.3, -0.25) is 0 Å². The predicted molar refractivity (Wildman–Crippen MR) is 106 cm³/mol. The summed E-state index contributed by atoms with van der Waals surface area (Å²) in [4.78, 5) is 24.8. The van der Waals surface area contributed by atoms with Gasteiger partial charge in [0.1, 0.15) is 24.0 Å². The number of aromatic hydroxyl groups is 1.